The molecule has 88 valence electrons. The molecule has 0 aromatic heterocycles. The van der Waals surface area contributed by atoms with Gasteiger partial charge in [0, 0.05) is 5.69 Å². The maximum Gasteiger partial charge on any atom is 0.122 e. The molecule has 0 saturated heterocycles. The number of nitrogens with two attached hydrogens (primary N) is 1. The first-order valence-electron chi connectivity index (χ1n) is 6.13. The molecule has 3 N–H and O–H groups in total. The molecule has 0 unspecified atom stereocenters. The van der Waals surface area contributed by atoms with E-state index < -0.39 is 0 Å². The second-order valence-electron chi connectivity index (χ2n) is 5.33. The zero-order chi connectivity index (χ0) is 11.9. The largest absolute Gasteiger partial charge is 0.507 e. The quantitative estimate of drug-likeness (QED) is 0.602. The molecular weight excluding hydrogens is 198 g/mol. The Morgan fingerprint density at radius 3 is 2.25 bits per heavy atom. The summed E-state index contributed by atoms with van der Waals surface area (Å²) in [5, 5.41) is 10.3. The summed E-state index contributed by atoms with van der Waals surface area (Å²) >= 11 is 0. The van der Waals surface area contributed by atoms with Crippen molar-refractivity contribution in [1.29, 1.82) is 0 Å². The number of rotatable bonds is 3. The van der Waals surface area contributed by atoms with Crippen LogP contribution in [-0.4, -0.2) is 5.11 Å². The third kappa shape index (κ3) is 2.01. The van der Waals surface area contributed by atoms with E-state index in [1.807, 2.05) is 12.1 Å². The molecule has 0 aliphatic heterocycles. The Morgan fingerprint density at radius 2 is 1.75 bits per heavy atom. The van der Waals surface area contributed by atoms with Gasteiger partial charge in [0.1, 0.15) is 5.75 Å². The SMILES string of the molecule is CC(C)c1cc(N)cc([C@H](C)C2CC2)c1O. The Kier molecular flexibility index (Phi) is 2.83. The average molecular weight is 219 g/mol. The highest BCUT2D eigenvalue weighted by molar-refractivity contribution is 5.55. The van der Waals surface area contributed by atoms with Crippen LogP contribution in [0.1, 0.15) is 56.6 Å². The third-order valence-corrected chi connectivity index (χ3v) is 3.63. The molecule has 2 heteroatoms. The van der Waals surface area contributed by atoms with Gasteiger partial charge in [-0.1, -0.05) is 20.8 Å². The summed E-state index contributed by atoms with van der Waals surface area (Å²) in [5.41, 5.74) is 8.69. The molecule has 1 aromatic carbocycles. The summed E-state index contributed by atoms with van der Waals surface area (Å²) in [6.45, 7) is 6.36. The molecule has 2 rings (SSSR count). The number of hydrogen-bond acceptors (Lipinski definition) is 2. The smallest absolute Gasteiger partial charge is 0.122 e. The van der Waals surface area contributed by atoms with E-state index in [0.29, 0.717) is 17.6 Å². The first kappa shape index (κ1) is 11.3. The second kappa shape index (κ2) is 4.00. The van der Waals surface area contributed by atoms with Gasteiger partial charge in [-0.05, 0) is 53.9 Å². The van der Waals surface area contributed by atoms with E-state index >= 15 is 0 Å². The van der Waals surface area contributed by atoms with Gasteiger partial charge in [-0.3, -0.25) is 0 Å². The van der Waals surface area contributed by atoms with Crippen molar-refractivity contribution < 1.29 is 5.11 Å². The summed E-state index contributed by atoms with van der Waals surface area (Å²) in [6, 6.07) is 3.83. The highest BCUT2D eigenvalue weighted by Crippen LogP contribution is 2.46. The van der Waals surface area contributed by atoms with Crippen molar-refractivity contribution in [3.63, 3.8) is 0 Å². The van der Waals surface area contributed by atoms with Crippen molar-refractivity contribution in [2.24, 2.45) is 5.92 Å². The van der Waals surface area contributed by atoms with Gasteiger partial charge >= 0.3 is 0 Å². The maximum atomic E-state index is 10.3. The molecule has 1 aliphatic carbocycles. The van der Waals surface area contributed by atoms with Gasteiger partial charge in [0.25, 0.3) is 0 Å². The molecule has 0 bridgehead atoms. The van der Waals surface area contributed by atoms with E-state index in [2.05, 4.69) is 20.8 Å². The average Bonchev–Trinajstić information content (AvgIpc) is 3.03. The number of phenols is 1. The lowest BCUT2D eigenvalue weighted by atomic mass is 9.90. The van der Waals surface area contributed by atoms with Crippen molar-refractivity contribution in [2.75, 3.05) is 5.73 Å². The molecule has 2 nitrogen and oxygen atoms in total. The molecule has 0 amide bonds. The molecular formula is C14H21NO. The highest BCUT2D eigenvalue weighted by Gasteiger charge is 2.31. The van der Waals surface area contributed by atoms with Gasteiger partial charge in [-0.25, -0.2) is 0 Å². The predicted octanol–water partition coefficient (Wildman–Crippen LogP) is 3.61. The summed E-state index contributed by atoms with van der Waals surface area (Å²) in [7, 11) is 0. The predicted molar refractivity (Wildman–Crippen MR) is 67.7 cm³/mol. The molecule has 1 aliphatic rings. The molecule has 0 radical (unpaired) electrons. The maximum absolute atomic E-state index is 10.3. The van der Waals surface area contributed by atoms with Crippen LogP contribution >= 0.6 is 0 Å². The van der Waals surface area contributed by atoms with Gasteiger partial charge < -0.3 is 10.8 Å². The van der Waals surface area contributed by atoms with Gasteiger partial charge in [0.2, 0.25) is 0 Å². The second-order valence-corrected chi connectivity index (χ2v) is 5.33. The van der Waals surface area contributed by atoms with Gasteiger partial charge in [0.15, 0.2) is 0 Å². The van der Waals surface area contributed by atoms with Gasteiger partial charge in [-0.2, -0.15) is 0 Å². The van der Waals surface area contributed by atoms with E-state index in [1.165, 1.54) is 12.8 Å². The normalized spacial score (nSPS) is 17.8. The molecule has 1 saturated carbocycles. The molecule has 1 atom stereocenters. The topological polar surface area (TPSA) is 46.2 Å². The number of anilines is 1. The molecule has 0 heterocycles. The highest BCUT2D eigenvalue weighted by atomic mass is 16.3. The minimum Gasteiger partial charge on any atom is -0.507 e. The van der Waals surface area contributed by atoms with E-state index in [1.54, 1.807) is 0 Å². The van der Waals surface area contributed by atoms with Gasteiger partial charge in [0.05, 0.1) is 0 Å². The summed E-state index contributed by atoms with van der Waals surface area (Å²) in [5.74, 6) is 1.95. The van der Waals surface area contributed by atoms with E-state index in [9.17, 15) is 5.11 Å². The Morgan fingerprint density at radius 1 is 1.19 bits per heavy atom. The van der Waals surface area contributed by atoms with Crippen LogP contribution in [0.3, 0.4) is 0 Å². The van der Waals surface area contributed by atoms with Crippen molar-refractivity contribution in [2.45, 2.75) is 45.4 Å². The Balaban J connectivity index is 2.43. The van der Waals surface area contributed by atoms with Crippen molar-refractivity contribution in [3.8, 4) is 5.75 Å². The van der Waals surface area contributed by atoms with Crippen LogP contribution in [0, 0.1) is 5.92 Å². The number of hydrogen-bond donors (Lipinski definition) is 2. The van der Waals surface area contributed by atoms with E-state index in [0.717, 1.165) is 22.7 Å². The molecule has 0 spiro atoms. The zero-order valence-corrected chi connectivity index (χ0v) is 10.3. The zero-order valence-electron chi connectivity index (χ0n) is 10.3. The summed E-state index contributed by atoms with van der Waals surface area (Å²) in [6.07, 6.45) is 2.57. The van der Waals surface area contributed by atoms with Gasteiger partial charge in [-0.15, -0.1) is 0 Å². The third-order valence-electron chi connectivity index (χ3n) is 3.63. The van der Waals surface area contributed by atoms with E-state index in [4.69, 9.17) is 5.73 Å². The Labute approximate surface area is 97.5 Å². The van der Waals surface area contributed by atoms with Crippen LogP contribution in [0.2, 0.25) is 0 Å². The fourth-order valence-electron chi connectivity index (χ4n) is 2.34. The number of benzene rings is 1. The Hall–Kier alpha value is -1.18. The fourth-order valence-corrected chi connectivity index (χ4v) is 2.34. The number of phenolic OH excluding ortho intramolecular Hbond substituents is 1. The summed E-state index contributed by atoms with van der Waals surface area (Å²) < 4.78 is 0. The lowest BCUT2D eigenvalue weighted by molar-refractivity contribution is 0.449. The van der Waals surface area contributed by atoms with Crippen LogP contribution in [-0.2, 0) is 0 Å². The monoisotopic (exact) mass is 219 g/mol. The van der Waals surface area contributed by atoms with E-state index in [-0.39, 0.29) is 0 Å². The van der Waals surface area contributed by atoms with Crippen LogP contribution in [0.15, 0.2) is 12.1 Å². The summed E-state index contributed by atoms with van der Waals surface area (Å²) in [4.78, 5) is 0. The van der Waals surface area contributed by atoms with Crippen LogP contribution in [0.4, 0.5) is 5.69 Å². The minimum absolute atomic E-state index is 0.314. The van der Waals surface area contributed by atoms with Crippen LogP contribution < -0.4 is 5.73 Å². The van der Waals surface area contributed by atoms with Crippen LogP contribution in [0.5, 0.6) is 5.75 Å². The molecule has 1 aromatic rings. The standard InChI is InChI=1S/C14H21NO/c1-8(2)12-6-11(15)7-13(14(12)16)9(3)10-4-5-10/h6-10,16H,4-5,15H2,1-3H3/t9-/m1/s1. The molecule has 1 fully saturated rings. The number of aromatic hydroxyl groups is 1. The first-order chi connectivity index (χ1) is 7.50. The Bertz CT molecular complexity index is 394. The first-order valence-corrected chi connectivity index (χ1v) is 6.13. The van der Waals surface area contributed by atoms with Crippen LogP contribution in [0.25, 0.3) is 0 Å². The fraction of sp³-hybridized carbons (Fsp3) is 0.571. The number of nitrogen functional groups attached to an aromatic ring is 1. The minimum atomic E-state index is 0.314. The van der Waals surface area contributed by atoms with Crippen molar-refractivity contribution in [1.82, 2.24) is 0 Å². The lowest BCUT2D eigenvalue weighted by Crippen LogP contribution is -2.02. The van der Waals surface area contributed by atoms with Crippen molar-refractivity contribution in [3.05, 3.63) is 23.3 Å². The lowest BCUT2D eigenvalue weighted by Gasteiger charge is -2.18. The molecule has 16 heavy (non-hydrogen) atoms. The van der Waals surface area contributed by atoms with Crippen molar-refractivity contribution >= 4 is 5.69 Å².